The minimum absolute atomic E-state index is 0.0997. The quantitative estimate of drug-likeness (QED) is 0.750. The highest BCUT2D eigenvalue weighted by atomic mass is 35.5. The fourth-order valence-corrected chi connectivity index (χ4v) is 4.22. The molecule has 0 atom stereocenters. The summed E-state index contributed by atoms with van der Waals surface area (Å²) in [6.07, 6.45) is 3.03. The predicted molar refractivity (Wildman–Crippen MR) is 108 cm³/mol. The second kappa shape index (κ2) is 7.36. The largest absolute Gasteiger partial charge is 0.345 e. The first-order valence-electron chi connectivity index (χ1n) is 9.92. The van der Waals surface area contributed by atoms with E-state index in [1.807, 2.05) is 25.5 Å². The number of hydrogen-bond donors (Lipinski definition) is 1. The SMILES string of the molecule is CN1CCCn2c(-c3cc(Cl)c(F)cc3F)nc(C(=O)NC(C)(C)C3CC3)c2C1. The Labute approximate surface area is 174 Å². The molecule has 0 bridgehead atoms. The van der Waals surface area contributed by atoms with Crippen molar-refractivity contribution in [1.29, 1.82) is 0 Å². The number of imidazole rings is 1. The molecular formula is C21H25ClF2N4O. The molecule has 0 saturated heterocycles. The number of aromatic nitrogens is 2. The monoisotopic (exact) mass is 422 g/mol. The zero-order valence-electron chi connectivity index (χ0n) is 16.9. The van der Waals surface area contributed by atoms with Gasteiger partial charge in [-0.15, -0.1) is 0 Å². The molecule has 5 nitrogen and oxygen atoms in total. The van der Waals surface area contributed by atoms with Crippen LogP contribution in [0.25, 0.3) is 11.4 Å². The Morgan fingerprint density at radius 2 is 1.97 bits per heavy atom. The van der Waals surface area contributed by atoms with E-state index in [-0.39, 0.29) is 22.0 Å². The lowest BCUT2D eigenvalue weighted by Crippen LogP contribution is -2.45. The number of halogens is 3. The number of carbonyl (C=O) groups excluding carboxylic acids is 1. The van der Waals surface area contributed by atoms with Crippen LogP contribution >= 0.6 is 11.6 Å². The molecule has 1 aliphatic carbocycles. The van der Waals surface area contributed by atoms with E-state index >= 15 is 0 Å². The molecule has 1 aromatic carbocycles. The van der Waals surface area contributed by atoms with Gasteiger partial charge in [0.1, 0.15) is 17.5 Å². The Morgan fingerprint density at radius 1 is 1.24 bits per heavy atom. The number of nitrogens with zero attached hydrogens (tertiary/aromatic N) is 3. The van der Waals surface area contributed by atoms with Gasteiger partial charge in [-0.05, 0) is 58.7 Å². The van der Waals surface area contributed by atoms with Gasteiger partial charge in [0.15, 0.2) is 5.69 Å². The Balaban J connectivity index is 1.80. The van der Waals surface area contributed by atoms with Crippen molar-refractivity contribution in [1.82, 2.24) is 19.8 Å². The molecule has 1 aliphatic heterocycles. The van der Waals surface area contributed by atoms with E-state index in [4.69, 9.17) is 11.6 Å². The standard InChI is InChI=1S/C21H25ClF2N4O/c1-21(2,12-5-6-12)26-20(29)18-17-11-27(3)7-4-8-28(17)19(25-18)13-9-14(22)16(24)10-15(13)23/h9-10,12H,4-8,11H2,1-3H3,(H,26,29). The summed E-state index contributed by atoms with van der Waals surface area (Å²) in [5, 5.41) is 2.93. The van der Waals surface area contributed by atoms with E-state index in [1.54, 1.807) is 0 Å². The number of fused-ring (bicyclic) bond motifs is 1. The smallest absolute Gasteiger partial charge is 0.272 e. The normalized spacial score (nSPS) is 17.7. The molecule has 2 aromatic rings. The van der Waals surface area contributed by atoms with Crippen LogP contribution in [-0.4, -0.2) is 39.5 Å². The zero-order chi connectivity index (χ0) is 20.9. The molecule has 2 heterocycles. The van der Waals surface area contributed by atoms with Gasteiger partial charge in [0.25, 0.3) is 5.91 Å². The summed E-state index contributed by atoms with van der Waals surface area (Å²) in [6, 6.07) is 2.00. The number of nitrogens with one attached hydrogen (secondary N) is 1. The maximum atomic E-state index is 14.6. The van der Waals surface area contributed by atoms with Crippen molar-refractivity contribution in [2.75, 3.05) is 13.6 Å². The molecule has 0 spiro atoms. The molecule has 0 unspecified atom stereocenters. The molecule has 2 aliphatic rings. The van der Waals surface area contributed by atoms with E-state index in [1.165, 1.54) is 6.07 Å². The van der Waals surface area contributed by atoms with Gasteiger partial charge in [0.2, 0.25) is 0 Å². The highest BCUT2D eigenvalue weighted by molar-refractivity contribution is 6.31. The van der Waals surface area contributed by atoms with Crippen molar-refractivity contribution in [2.45, 2.75) is 51.7 Å². The average molecular weight is 423 g/mol. The van der Waals surface area contributed by atoms with Gasteiger partial charge in [-0.25, -0.2) is 13.8 Å². The van der Waals surface area contributed by atoms with Crippen LogP contribution in [0, 0.1) is 17.6 Å². The first-order chi connectivity index (χ1) is 13.7. The van der Waals surface area contributed by atoms with Gasteiger partial charge in [0.05, 0.1) is 16.3 Å². The van der Waals surface area contributed by atoms with Gasteiger partial charge in [-0.3, -0.25) is 4.79 Å². The number of carbonyl (C=O) groups is 1. The number of hydrogen-bond acceptors (Lipinski definition) is 3. The summed E-state index contributed by atoms with van der Waals surface area (Å²) < 4.78 is 30.1. The van der Waals surface area contributed by atoms with Crippen LogP contribution in [0.3, 0.4) is 0 Å². The van der Waals surface area contributed by atoms with Crippen LogP contribution in [0.15, 0.2) is 12.1 Å². The molecule has 29 heavy (non-hydrogen) atoms. The topological polar surface area (TPSA) is 50.2 Å². The van der Waals surface area contributed by atoms with E-state index in [0.717, 1.165) is 37.6 Å². The Kier molecular flexibility index (Phi) is 5.15. The molecule has 8 heteroatoms. The van der Waals surface area contributed by atoms with Crippen molar-refractivity contribution in [2.24, 2.45) is 5.92 Å². The minimum Gasteiger partial charge on any atom is -0.345 e. The Morgan fingerprint density at radius 3 is 2.66 bits per heavy atom. The van der Waals surface area contributed by atoms with Crippen LogP contribution in [0.2, 0.25) is 5.02 Å². The summed E-state index contributed by atoms with van der Waals surface area (Å²) in [7, 11) is 1.98. The molecule has 1 amide bonds. The fraction of sp³-hybridized carbons (Fsp3) is 0.524. The molecular weight excluding hydrogens is 398 g/mol. The van der Waals surface area contributed by atoms with Crippen molar-refractivity contribution in [3.8, 4) is 11.4 Å². The predicted octanol–water partition coefficient (Wildman–Crippen LogP) is 4.24. The first-order valence-corrected chi connectivity index (χ1v) is 10.3. The summed E-state index contributed by atoms with van der Waals surface area (Å²) in [6.45, 7) is 6.00. The third-order valence-electron chi connectivity index (χ3n) is 5.91. The molecule has 156 valence electrons. The lowest BCUT2D eigenvalue weighted by Gasteiger charge is -2.26. The average Bonchev–Trinajstić information content (AvgIpc) is 3.45. The lowest BCUT2D eigenvalue weighted by molar-refractivity contribution is 0.0896. The molecule has 0 radical (unpaired) electrons. The first kappa shape index (κ1) is 20.3. The highest BCUT2D eigenvalue weighted by Crippen LogP contribution is 2.39. The summed E-state index contributed by atoms with van der Waals surface area (Å²) in [5.74, 6) is -1.06. The van der Waals surface area contributed by atoms with Crippen LogP contribution in [0.5, 0.6) is 0 Å². The maximum Gasteiger partial charge on any atom is 0.272 e. The van der Waals surface area contributed by atoms with Crippen molar-refractivity contribution in [3.05, 3.63) is 40.2 Å². The lowest BCUT2D eigenvalue weighted by atomic mass is 9.98. The van der Waals surface area contributed by atoms with Crippen molar-refractivity contribution in [3.63, 3.8) is 0 Å². The minimum atomic E-state index is -0.820. The van der Waals surface area contributed by atoms with Crippen molar-refractivity contribution >= 4 is 17.5 Å². The van der Waals surface area contributed by atoms with Crippen LogP contribution < -0.4 is 5.32 Å². The Hall–Kier alpha value is -1.99. The number of benzene rings is 1. The van der Waals surface area contributed by atoms with E-state index in [9.17, 15) is 13.6 Å². The summed E-state index contributed by atoms with van der Waals surface area (Å²) in [4.78, 5) is 19.8. The van der Waals surface area contributed by atoms with Gasteiger partial charge in [0, 0.05) is 24.7 Å². The van der Waals surface area contributed by atoms with Gasteiger partial charge in [-0.2, -0.15) is 0 Å². The molecule has 1 aromatic heterocycles. The second-order valence-electron chi connectivity index (χ2n) is 8.67. The third kappa shape index (κ3) is 3.90. The zero-order valence-corrected chi connectivity index (χ0v) is 17.6. The second-order valence-corrected chi connectivity index (χ2v) is 9.08. The van der Waals surface area contributed by atoms with Crippen LogP contribution in [0.4, 0.5) is 8.78 Å². The number of rotatable bonds is 4. The maximum absolute atomic E-state index is 14.6. The summed E-state index contributed by atoms with van der Waals surface area (Å²) >= 11 is 5.91. The van der Waals surface area contributed by atoms with Crippen LogP contribution in [-0.2, 0) is 13.1 Å². The molecule has 1 fully saturated rings. The highest BCUT2D eigenvalue weighted by Gasteiger charge is 2.40. The van der Waals surface area contributed by atoms with Gasteiger partial charge in [-0.1, -0.05) is 11.6 Å². The molecule has 1 N–H and O–H groups in total. The molecule has 4 rings (SSSR count). The van der Waals surface area contributed by atoms with E-state index < -0.39 is 11.6 Å². The van der Waals surface area contributed by atoms with Crippen molar-refractivity contribution < 1.29 is 13.6 Å². The summed E-state index contributed by atoms with van der Waals surface area (Å²) in [5.41, 5.74) is 0.809. The van der Waals surface area contributed by atoms with Gasteiger partial charge >= 0.3 is 0 Å². The van der Waals surface area contributed by atoms with E-state index in [0.29, 0.717) is 30.5 Å². The fourth-order valence-electron chi connectivity index (χ4n) is 4.06. The molecule has 1 saturated carbocycles. The van der Waals surface area contributed by atoms with E-state index in [2.05, 4.69) is 15.2 Å². The van der Waals surface area contributed by atoms with Gasteiger partial charge < -0.3 is 14.8 Å². The third-order valence-corrected chi connectivity index (χ3v) is 6.20. The van der Waals surface area contributed by atoms with Crippen LogP contribution in [0.1, 0.15) is 49.3 Å². The number of amides is 1. The Bertz CT molecular complexity index is 968.